The first kappa shape index (κ1) is 16.1. The quantitative estimate of drug-likeness (QED) is 0.793. The van der Waals surface area contributed by atoms with Crippen molar-refractivity contribution in [3.63, 3.8) is 0 Å². The molecule has 0 aromatic carbocycles. The minimum absolute atomic E-state index is 0.252. The molecule has 0 radical (unpaired) electrons. The molecule has 1 fully saturated rings. The maximum absolute atomic E-state index is 12.1. The number of nitriles is 1. The number of H-pyrrole nitrogens is 1. The van der Waals surface area contributed by atoms with Crippen LogP contribution in [0.4, 0.5) is 10.6 Å². The molecule has 1 aliphatic heterocycles. The van der Waals surface area contributed by atoms with Gasteiger partial charge in [0.15, 0.2) is 0 Å². The summed E-state index contributed by atoms with van der Waals surface area (Å²) in [5, 5.41) is 8.83. The van der Waals surface area contributed by atoms with Crippen molar-refractivity contribution in [1.82, 2.24) is 4.90 Å². The number of pyridine rings is 1. The topological polar surface area (TPSA) is 70.7 Å². The van der Waals surface area contributed by atoms with Crippen LogP contribution in [0.25, 0.3) is 0 Å². The molecule has 2 heterocycles. The molecule has 0 aliphatic carbocycles. The SMILES string of the molecule is CC(C)(C)OC(=O)N1CCCN(c2ccc(C#N)c[nH+]2)CC1. The Hall–Kier alpha value is -2.29. The van der Waals surface area contributed by atoms with Gasteiger partial charge in [0, 0.05) is 19.0 Å². The maximum Gasteiger partial charge on any atom is 0.410 e. The molecular weight excluding hydrogens is 280 g/mol. The van der Waals surface area contributed by atoms with Gasteiger partial charge in [0.25, 0.3) is 5.82 Å². The van der Waals surface area contributed by atoms with E-state index in [-0.39, 0.29) is 6.09 Å². The van der Waals surface area contributed by atoms with E-state index in [0.717, 1.165) is 25.3 Å². The third kappa shape index (κ3) is 4.35. The number of hydrogen-bond donors (Lipinski definition) is 0. The fraction of sp³-hybridized carbons (Fsp3) is 0.562. The molecular formula is C16H23N4O2+. The molecule has 0 spiro atoms. The van der Waals surface area contributed by atoms with Crippen LogP contribution in [0.3, 0.4) is 0 Å². The number of rotatable bonds is 1. The standard InChI is InChI=1S/C16H22N4O2/c1-16(2,3)22-15(21)20-8-4-7-19(9-10-20)14-6-5-13(11-17)12-18-14/h5-6,12H,4,7-10H2,1-3H3/p+1. The molecule has 2 rings (SSSR count). The van der Waals surface area contributed by atoms with Crippen LogP contribution in [-0.2, 0) is 4.74 Å². The Morgan fingerprint density at radius 2 is 2.05 bits per heavy atom. The molecule has 0 saturated carbocycles. The fourth-order valence-electron chi connectivity index (χ4n) is 2.35. The van der Waals surface area contributed by atoms with Gasteiger partial charge in [0.2, 0.25) is 0 Å². The van der Waals surface area contributed by atoms with E-state index in [9.17, 15) is 4.79 Å². The zero-order valence-corrected chi connectivity index (χ0v) is 13.4. The third-order valence-corrected chi connectivity index (χ3v) is 3.41. The van der Waals surface area contributed by atoms with Gasteiger partial charge in [-0.15, -0.1) is 0 Å². The second kappa shape index (κ2) is 6.65. The van der Waals surface area contributed by atoms with Gasteiger partial charge in [-0.2, -0.15) is 5.26 Å². The molecule has 6 heteroatoms. The largest absolute Gasteiger partial charge is 0.444 e. The molecule has 22 heavy (non-hydrogen) atoms. The lowest BCUT2D eigenvalue weighted by atomic mass is 10.2. The van der Waals surface area contributed by atoms with Gasteiger partial charge < -0.3 is 9.64 Å². The van der Waals surface area contributed by atoms with Crippen LogP contribution in [0, 0.1) is 11.3 Å². The first-order valence-corrected chi connectivity index (χ1v) is 7.54. The van der Waals surface area contributed by atoms with Crippen molar-refractivity contribution in [2.24, 2.45) is 0 Å². The summed E-state index contributed by atoms with van der Waals surface area (Å²) in [5.74, 6) is 0.963. The Labute approximate surface area is 131 Å². The van der Waals surface area contributed by atoms with Crippen molar-refractivity contribution in [1.29, 1.82) is 5.26 Å². The van der Waals surface area contributed by atoms with Gasteiger partial charge in [-0.05, 0) is 26.8 Å². The third-order valence-electron chi connectivity index (χ3n) is 3.41. The number of amides is 1. The average Bonchev–Trinajstić information content (AvgIpc) is 2.71. The smallest absolute Gasteiger partial charge is 0.410 e. The second-order valence-electron chi connectivity index (χ2n) is 6.38. The zero-order chi connectivity index (χ0) is 16.2. The Morgan fingerprint density at radius 1 is 1.27 bits per heavy atom. The van der Waals surface area contributed by atoms with Crippen molar-refractivity contribution < 1.29 is 14.5 Å². The normalized spacial score (nSPS) is 15.9. The Bertz CT molecular complexity index is 557. The number of nitrogens with one attached hydrogen (secondary N) is 1. The fourth-order valence-corrected chi connectivity index (χ4v) is 2.35. The molecule has 6 nitrogen and oxygen atoms in total. The highest BCUT2D eigenvalue weighted by Gasteiger charge is 2.27. The number of aromatic amines is 1. The van der Waals surface area contributed by atoms with Gasteiger partial charge in [0.05, 0.1) is 18.7 Å². The van der Waals surface area contributed by atoms with E-state index in [0.29, 0.717) is 18.7 Å². The minimum Gasteiger partial charge on any atom is -0.444 e. The van der Waals surface area contributed by atoms with Crippen molar-refractivity contribution in [2.45, 2.75) is 32.8 Å². The number of nitrogens with zero attached hydrogens (tertiary/aromatic N) is 3. The summed E-state index contributed by atoms with van der Waals surface area (Å²) in [6.45, 7) is 8.55. The number of ether oxygens (including phenoxy) is 1. The van der Waals surface area contributed by atoms with Gasteiger partial charge in [0.1, 0.15) is 24.4 Å². The molecule has 0 atom stereocenters. The zero-order valence-electron chi connectivity index (χ0n) is 13.4. The summed E-state index contributed by atoms with van der Waals surface area (Å²) >= 11 is 0. The molecule has 1 amide bonds. The summed E-state index contributed by atoms with van der Waals surface area (Å²) in [6.07, 6.45) is 2.33. The number of carbonyl (C=O) groups excluding carboxylic acids is 1. The first-order valence-electron chi connectivity index (χ1n) is 7.54. The van der Waals surface area contributed by atoms with E-state index in [1.807, 2.05) is 26.8 Å². The van der Waals surface area contributed by atoms with E-state index in [4.69, 9.17) is 10.00 Å². The predicted octanol–water partition coefficient (Wildman–Crippen LogP) is 1.82. The van der Waals surface area contributed by atoms with E-state index >= 15 is 0 Å². The van der Waals surface area contributed by atoms with Crippen LogP contribution < -0.4 is 9.88 Å². The first-order chi connectivity index (χ1) is 10.4. The molecule has 1 aromatic rings. The maximum atomic E-state index is 12.1. The van der Waals surface area contributed by atoms with E-state index in [1.165, 1.54) is 0 Å². The monoisotopic (exact) mass is 303 g/mol. The highest BCUT2D eigenvalue weighted by molar-refractivity contribution is 5.68. The van der Waals surface area contributed by atoms with E-state index in [2.05, 4.69) is 16.0 Å². The van der Waals surface area contributed by atoms with Crippen molar-refractivity contribution in [3.05, 3.63) is 23.9 Å². The van der Waals surface area contributed by atoms with Crippen LogP contribution in [0.15, 0.2) is 18.3 Å². The van der Waals surface area contributed by atoms with Crippen LogP contribution in [0.2, 0.25) is 0 Å². The van der Waals surface area contributed by atoms with Crippen molar-refractivity contribution in [3.8, 4) is 6.07 Å². The minimum atomic E-state index is -0.468. The van der Waals surface area contributed by atoms with Crippen LogP contribution in [0.5, 0.6) is 0 Å². The van der Waals surface area contributed by atoms with Crippen molar-refractivity contribution in [2.75, 3.05) is 31.1 Å². The Morgan fingerprint density at radius 3 is 2.64 bits per heavy atom. The van der Waals surface area contributed by atoms with Crippen molar-refractivity contribution >= 4 is 11.9 Å². The van der Waals surface area contributed by atoms with Gasteiger partial charge in [-0.1, -0.05) is 0 Å². The number of carbonyl (C=O) groups is 1. The summed E-state index contributed by atoms with van der Waals surface area (Å²) in [6, 6.07) is 5.79. The highest BCUT2D eigenvalue weighted by atomic mass is 16.6. The van der Waals surface area contributed by atoms with E-state index < -0.39 is 5.60 Å². The molecule has 0 unspecified atom stereocenters. The molecule has 1 aliphatic rings. The van der Waals surface area contributed by atoms with Crippen LogP contribution in [-0.4, -0.2) is 42.8 Å². The number of hydrogen-bond acceptors (Lipinski definition) is 4. The molecule has 1 N–H and O–H groups in total. The summed E-state index contributed by atoms with van der Waals surface area (Å²) in [5.41, 5.74) is 0.137. The summed E-state index contributed by atoms with van der Waals surface area (Å²) < 4.78 is 5.43. The number of anilines is 1. The lowest BCUT2D eigenvalue weighted by molar-refractivity contribution is -0.364. The van der Waals surface area contributed by atoms with Gasteiger partial charge >= 0.3 is 6.09 Å². The number of aromatic nitrogens is 1. The molecule has 0 bridgehead atoms. The lowest BCUT2D eigenvalue weighted by Gasteiger charge is -2.25. The summed E-state index contributed by atoms with van der Waals surface area (Å²) in [4.78, 5) is 19.2. The predicted molar refractivity (Wildman–Crippen MR) is 82.3 cm³/mol. The van der Waals surface area contributed by atoms with Gasteiger partial charge in [-0.25, -0.2) is 9.78 Å². The van der Waals surface area contributed by atoms with Crippen LogP contribution >= 0.6 is 0 Å². The van der Waals surface area contributed by atoms with Crippen LogP contribution in [0.1, 0.15) is 32.8 Å². The molecule has 118 valence electrons. The summed E-state index contributed by atoms with van der Waals surface area (Å²) in [7, 11) is 0. The molecule has 1 aromatic heterocycles. The Kier molecular flexibility index (Phi) is 4.86. The lowest BCUT2D eigenvalue weighted by Crippen LogP contribution is -2.39. The Balaban J connectivity index is 1.97. The highest BCUT2D eigenvalue weighted by Crippen LogP contribution is 2.14. The second-order valence-corrected chi connectivity index (χ2v) is 6.38. The van der Waals surface area contributed by atoms with Gasteiger partial charge in [-0.3, -0.25) is 4.90 Å². The van der Waals surface area contributed by atoms with E-state index in [1.54, 1.807) is 17.2 Å². The average molecular weight is 303 g/mol. The molecule has 1 saturated heterocycles.